The van der Waals surface area contributed by atoms with Crippen LogP contribution in [0, 0.1) is 13.8 Å². The molecule has 1 atom stereocenters. The predicted molar refractivity (Wildman–Crippen MR) is 108 cm³/mol. The van der Waals surface area contributed by atoms with E-state index >= 15 is 0 Å². The van der Waals surface area contributed by atoms with Gasteiger partial charge in [-0.05, 0) is 31.5 Å². The van der Waals surface area contributed by atoms with Crippen molar-refractivity contribution < 1.29 is 13.5 Å². The van der Waals surface area contributed by atoms with E-state index in [1.54, 1.807) is 24.3 Å². The zero-order chi connectivity index (χ0) is 20.0. The molecule has 0 aromatic heterocycles. The Kier molecular flexibility index (Phi) is 5.25. The maximum Gasteiger partial charge on any atom is 0.281 e. The highest BCUT2D eigenvalue weighted by Crippen LogP contribution is 2.48. The minimum atomic E-state index is -4.25. The number of aryl methyl sites for hydroxylation is 2. The Hall–Kier alpha value is -1.31. The van der Waals surface area contributed by atoms with Crippen LogP contribution in [0.3, 0.4) is 0 Å². The third kappa shape index (κ3) is 3.69. The molecule has 1 aliphatic rings. The van der Waals surface area contributed by atoms with Gasteiger partial charge in [-0.25, -0.2) is 0 Å². The van der Waals surface area contributed by atoms with Crippen LogP contribution >= 0.6 is 34.8 Å². The lowest BCUT2D eigenvalue weighted by Gasteiger charge is -2.36. The summed E-state index contributed by atoms with van der Waals surface area (Å²) >= 11 is 17.9. The van der Waals surface area contributed by atoms with Crippen molar-refractivity contribution in [3.05, 3.63) is 65.2 Å². The molecule has 3 rings (SSSR count). The largest absolute Gasteiger partial charge is 0.365 e. The Balaban J connectivity index is 2.13. The fraction of sp³-hybridized carbons (Fsp3) is 0.278. The maximum absolute atomic E-state index is 13.1. The van der Waals surface area contributed by atoms with Gasteiger partial charge in [-0.2, -0.15) is 13.5 Å². The van der Waals surface area contributed by atoms with E-state index in [1.807, 2.05) is 26.0 Å². The van der Waals surface area contributed by atoms with Gasteiger partial charge in [0.05, 0.1) is 10.6 Å². The maximum atomic E-state index is 13.1. The summed E-state index contributed by atoms with van der Waals surface area (Å²) in [6, 6.07) is 13.4. The molecule has 1 heterocycles. The van der Waals surface area contributed by atoms with Crippen molar-refractivity contribution in [3.8, 4) is 0 Å². The summed E-state index contributed by atoms with van der Waals surface area (Å²) in [5.74, 6) is 0. The molecule has 5 nitrogen and oxygen atoms in total. The van der Waals surface area contributed by atoms with Crippen molar-refractivity contribution >= 4 is 50.5 Å². The molecular formula is C18H17Cl3N2O3S. The minimum absolute atomic E-state index is 0.0605. The number of hydrazone groups is 1. The first-order valence-corrected chi connectivity index (χ1v) is 10.6. The Bertz CT molecular complexity index is 984. The summed E-state index contributed by atoms with van der Waals surface area (Å²) in [4.78, 5) is -0.0605. The molecule has 0 bridgehead atoms. The summed E-state index contributed by atoms with van der Waals surface area (Å²) in [6.07, 6.45) is -0.266. The summed E-state index contributed by atoms with van der Waals surface area (Å²) in [6.45, 7) is 3.75. The summed E-state index contributed by atoms with van der Waals surface area (Å²) in [5.41, 5.74) is 0.491. The third-order valence-corrected chi connectivity index (χ3v) is 6.94. The van der Waals surface area contributed by atoms with Crippen LogP contribution < -0.4 is 0 Å². The molecule has 1 unspecified atom stereocenters. The topological polar surface area (TPSA) is 70.0 Å². The first-order chi connectivity index (χ1) is 12.4. The molecule has 0 aliphatic carbocycles. The van der Waals surface area contributed by atoms with Crippen molar-refractivity contribution in [2.24, 2.45) is 5.10 Å². The summed E-state index contributed by atoms with van der Waals surface area (Å²) in [7, 11) is -4.25. The first kappa shape index (κ1) is 20.4. The van der Waals surface area contributed by atoms with E-state index in [4.69, 9.17) is 34.8 Å². The molecular weight excluding hydrogens is 431 g/mol. The molecule has 0 amide bonds. The summed E-state index contributed by atoms with van der Waals surface area (Å²) < 4.78 is 24.4. The zero-order valence-electron chi connectivity index (χ0n) is 14.5. The molecule has 0 radical (unpaired) electrons. The standard InChI is InChI=1S/C18H17Cl3N2O3S/c1-12-3-7-14(8-4-12)16-11-17(24,18(19,20)21)23(22-16)27(25,26)15-9-5-13(2)6-10-15/h3-10,24H,11H2,1-2H3. The minimum Gasteiger partial charge on any atom is -0.365 e. The Labute approximate surface area is 173 Å². The molecule has 1 N–H and O–H groups in total. The zero-order valence-corrected chi connectivity index (χ0v) is 17.6. The lowest BCUT2D eigenvalue weighted by Crippen LogP contribution is -2.55. The fourth-order valence-electron chi connectivity index (χ4n) is 2.71. The molecule has 0 saturated heterocycles. The van der Waals surface area contributed by atoms with Crippen LogP contribution in [0.15, 0.2) is 58.5 Å². The third-order valence-electron chi connectivity index (χ3n) is 4.33. The number of rotatable bonds is 3. The second kappa shape index (κ2) is 6.94. The van der Waals surface area contributed by atoms with Crippen LogP contribution in [0.1, 0.15) is 23.1 Å². The van der Waals surface area contributed by atoms with Gasteiger partial charge in [-0.15, -0.1) is 4.41 Å². The van der Waals surface area contributed by atoms with E-state index < -0.39 is 19.5 Å². The number of alkyl halides is 3. The van der Waals surface area contributed by atoms with Gasteiger partial charge in [0.25, 0.3) is 10.0 Å². The smallest absolute Gasteiger partial charge is 0.281 e. The highest BCUT2D eigenvalue weighted by atomic mass is 35.6. The molecule has 0 saturated carbocycles. The van der Waals surface area contributed by atoms with Gasteiger partial charge in [0, 0.05) is 6.42 Å². The van der Waals surface area contributed by atoms with Gasteiger partial charge in [-0.1, -0.05) is 82.3 Å². The van der Waals surface area contributed by atoms with Crippen molar-refractivity contribution in [3.63, 3.8) is 0 Å². The molecule has 0 spiro atoms. The number of hydrogen-bond donors (Lipinski definition) is 1. The average molecular weight is 448 g/mol. The average Bonchev–Trinajstić information content (AvgIpc) is 2.96. The van der Waals surface area contributed by atoms with Gasteiger partial charge in [0.15, 0.2) is 0 Å². The van der Waals surface area contributed by atoms with Gasteiger partial charge in [0.1, 0.15) is 0 Å². The number of aliphatic hydroxyl groups is 1. The van der Waals surface area contributed by atoms with Gasteiger partial charge >= 0.3 is 0 Å². The van der Waals surface area contributed by atoms with Crippen LogP contribution in [0.2, 0.25) is 0 Å². The molecule has 144 valence electrons. The Morgan fingerprint density at radius 3 is 1.96 bits per heavy atom. The number of sulfonamides is 1. The summed E-state index contributed by atoms with van der Waals surface area (Å²) in [5, 5.41) is 15.2. The van der Waals surface area contributed by atoms with Crippen LogP contribution in [-0.4, -0.2) is 33.2 Å². The van der Waals surface area contributed by atoms with Crippen LogP contribution in [0.5, 0.6) is 0 Å². The molecule has 2 aromatic carbocycles. The lowest BCUT2D eigenvalue weighted by atomic mass is 10.0. The quantitative estimate of drug-likeness (QED) is 0.718. The second-order valence-corrected chi connectivity index (χ2v) is 10.5. The van der Waals surface area contributed by atoms with Crippen LogP contribution in [-0.2, 0) is 10.0 Å². The van der Waals surface area contributed by atoms with Crippen molar-refractivity contribution in [2.45, 2.75) is 34.7 Å². The number of halogens is 3. The molecule has 1 aliphatic heterocycles. The normalized spacial score (nSPS) is 20.7. The first-order valence-electron chi connectivity index (χ1n) is 8.01. The van der Waals surface area contributed by atoms with Gasteiger partial charge in [0.2, 0.25) is 9.52 Å². The fourth-order valence-corrected chi connectivity index (χ4v) is 4.78. The highest BCUT2D eigenvalue weighted by molar-refractivity contribution is 7.89. The van der Waals surface area contributed by atoms with Crippen molar-refractivity contribution in [2.75, 3.05) is 0 Å². The van der Waals surface area contributed by atoms with E-state index in [-0.39, 0.29) is 11.3 Å². The predicted octanol–water partition coefficient (Wildman–Crippen LogP) is 4.16. The van der Waals surface area contributed by atoms with E-state index in [0.29, 0.717) is 15.7 Å². The highest BCUT2D eigenvalue weighted by Gasteiger charge is 2.60. The Morgan fingerprint density at radius 2 is 1.48 bits per heavy atom. The number of benzene rings is 2. The second-order valence-electron chi connectivity index (χ2n) is 6.46. The number of nitrogens with zero attached hydrogens (tertiary/aromatic N) is 2. The number of hydrogen-bond acceptors (Lipinski definition) is 4. The Morgan fingerprint density at radius 1 is 1.00 bits per heavy atom. The molecule has 0 fully saturated rings. The molecule has 2 aromatic rings. The van der Waals surface area contributed by atoms with Crippen LogP contribution in [0.25, 0.3) is 0 Å². The van der Waals surface area contributed by atoms with Crippen LogP contribution in [0.4, 0.5) is 0 Å². The SMILES string of the molecule is Cc1ccc(C2=NN(S(=O)(=O)c3ccc(C)cc3)C(O)(C(Cl)(Cl)Cl)C2)cc1. The van der Waals surface area contributed by atoms with E-state index in [9.17, 15) is 13.5 Å². The van der Waals surface area contributed by atoms with Crippen molar-refractivity contribution in [1.29, 1.82) is 0 Å². The van der Waals surface area contributed by atoms with E-state index in [0.717, 1.165) is 11.1 Å². The van der Waals surface area contributed by atoms with E-state index in [1.165, 1.54) is 12.1 Å². The van der Waals surface area contributed by atoms with Crippen molar-refractivity contribution in [1.82, 2.24) is 4.41 Å². The molecule has 27 heavy (non-hydrogen) atoms. The van der Waals surface area contributed by atoms with Gasteiger partial charge < -0.3 is 5.11 Å². The monoisotopic (exact) mass is 446 g/mol. The lowest BCUT2D eigenvalue weighted by molar-refractivity contribution is -0.0382. The van der Waals surface area contributed by atoms with E-state index in [2.05, 4.69) is 5.10 Å². The van der Waals surface area contributed by atoms with Gasteiger partial charge in [-0.3, -0.25) is 0 Å². The molecule has 9 heteroatoms.